The molecule has 0 spiro atoms. The summed E-state index contributed by atoms with van der Waals surface area (Å²) < 4.78 is 2.16. The van der Waals surface area contributed by atoms with Crippen LogP contribution in [0.15, 0.2) is 60.7 Å². The Hall–Kier alpha value is -3.25. The van der Waals surface area contributed by atoms with E-state index in [-0.39, 0.29) is 5.91 Å². The number of carbonyl (C=O) groups is 1. The summed E-state index contributed by atoms with van der Waals surface area (Å²) in [4.78, 5) is 26.5. The van der Waals surface area contributed by atoms with E-state index >= 15 is 0 Å². The lowest BCUT2D eigenvalue weighted by Gasteiger charge is -2.34. The normalized spacial score (nSPS) is 15.3. The van der Waals surface area contributed by atoms with Gasteiger partial charge in [-0.15, -0.1) is 0 Å². The van der Waals surface area contributed by atoms with Crippen LogP contribution >= 0.6 is 0 Å². The number of carbonyl (C=O) groups excluding carboxylic acids is 1. The summed E-state index contributed by atoms with van der Waals surface area (Å²) in [6.07, 6.45) is 0. The summed E-state index contributed by atoms with van der Waals surface area (Å²) in [5.41, 5.74) is 3.56. The molecule has 5 rings (SSSR count). The molecule has 1 aliphatic rings. The number of hydrogen-bond donors (Lipinski definition) is 0. The molecular formula is C23H23N5O. The van der Waals surface area contributed by atoms with Gasteiger partial charge in [0.2, 0.25) is 0 Å². The van der Waals surface area contributed by atoms with Crippen LogP contribution < -0.4 is 0 Å². The summed E-state index contributed by atoms with van der Waals surface area (Å²) in [6.45, 7) is 3.88. The summed E-state index contributed by atoms with van der Waals surface area (Å²) >= 11 is 0. The number of rotatable bonds is 3. The van der Waals surface area contributed by atoms with Gasteiger partial charge in [-0.05, 0) is 24.3 Å². The molecule has 0 radical (unpaired) electrons. The average molecular weight is 385 g/mol. The predicted octanol–water partition coefficient (Wildman–Crippen LogP) is 3.08. The van der Waals surface area contributed by atoms with Gasteiger partial charge < -0.3 is 9.47 Å². The molecule has 3 heterocycles. The number of amides is 1. The third kappa shape index (κ3) is 3.36. The molecule has 4 aromatic rings. The van der Waals surface area contributed by atoms with E-state index in [0.717, 1.165) is 47.4 Å². The SMILES string of the molecule is Cn1c(CN2CCN(C(=O)c3ccc4ccccc4n3)CC2)nc2ccccc21. The van der Waals surface area contributed by atoms with Gasteiger partial charge in [0.25, 0.3) is 5.91 Å². The molecule has 1 amide bonds. The van der Waals surface area contributed by atoms with Crippen LogP contribution in [-0.4, -0.2) is 56.4 Å². The number of imidazole rings is 1. The molecule has 2 aromatic carbocycles. The number of nitrogens with zero attached hydrogens (tertiary/aromatic N) is 5. The highest BCUT2D eigenvalue weighted by molar-refractivity contribution is 5.95. The van der Waals surface area contributed by atoms with Crippen LogP contribution in [0.25, 0.3) is 21.9 Å². The fourth-order valence-electron chi connectivity index (χ4n) is 3.99. The molecule has 146 valence electrons. The number of benzene rings is 2. The second-order valence-electron chi connectivity index (χ2n) is 7.53. The highest BCUT2D eigenvalue weighted by Gasteiger charge is 2.24. The van der Waals surface area contributed by atoms with E-state index in [1.807, 2.05) is 59.5 Å². The van der Waals surface area contributed by atoms with E-state index in [0.29, 0.717) is 18.8 Å². The van der Waals surface area contributed by atoms with Crippen molar-refractivity contribution in [2.45, 2.75) is 6.54 Å². The molecule has 0 aliphatic carbocycles. The van der Waals surface area contributed by atoms with Crippen LogP contribution in [-0.2, 0) is 13.6 Å². The third-order valence-electron chi connectivity index (χ3n) is 5.72. The first-order chi connectivity index (χ1) is 14.2. The monoisotopic (exact) mass is 385 g/mol. The number of piperazine rings is 1. The van der Waals surface area contributed by atoms with Crippen molar-refractivity contribution in [1.82, 2.24) is 24.3 Å². The van der Waals surface area contributed by atoms with Crippen molar-refractivity contribution in [1.29, 1.82) is 0 Å². The zero-order valence-corrected chi connectivity index (χ0v) is 16.5. The smallest absolute Gasteiger partial charge is 0.272 e. The van der Waals surface area contributed by atoms with Crippen LogP contribution in [0.4, 0.5) is 0 Å². The molecule has 0 bridgehead atoms. The van der Waals surface area contributed by atoms with Crippen molar-refractivity contribution in [3.63, 3.8) is 0 Å². The summed E-state index contributed by atoms with van der Waals surface area (Å²) in [7, 11) is 2.07. The lowest BCUT2D eigenvalue weighted by molar-refractivity contribution is 0.0619. The molecule has 1 fully saturated rings. The van der Waals surface area contributed by atoms with E-state index in [1.54, 1.807) is 0 Å². The maximum Gasteiger partial charge on any atom is 0.272 e. The van der Waals surface area contributed by atoms with E-state index in [2.05, 4.69) is 27.6 Å². The van der Waals surface area contributed by atoms with Crippen molar-refractivity contribution >= 4 is 27.8 Å². The molecule has 1 aliphatic heterocycles. The molecule has 0 N–H and O–H groups in total. The van der Waals surface area contributed by atoms with Gasteiger partial charge in [0.1, 0.15) is 11.5 Å². The fraction of sp³-hybridized carbons (Fsp3) is 0.261. The van der Waals surface area contributed by atoms with Crippen LogP contribution in [0.5, 0.6) is 0 Å². The third-order valence-corrected chi connectivity index (χ3v) is 5.72. The largest absolute Gasteiger partial charge is 0.335 e. The number of aromatic nitrogens is 3. The van der Waals surface area contributed by atoms with Crippen molar-refractivity contribution in [2.75, 3.05) is 26.2 Å². The second kappa shape index (κ2) is 7.29. The Morgan fingerprint density at radius 2 is 1.59 bits per heavy atom. The lowest BCUT2D eigenvalue weighted by atomic mass is 10.2. The maximum atomic E-state index is 12.9. The van der Waals surface area contributed by atoms with Crippen molar-refractivity contribution in [2.24, 2.45) is 7.05 Å². The van der Waals surface area contributed by atoms with Crippen molar-refractivity contribution in [3.05, 3.63) is 72.2 Å². The van der Waals surface area contributed by atoms with Gasteiger partial charge in [-0.25, -0.2) is 9.97 Å². The van der Waals surface area contributed by atoms with Crippen molar-refractivity contribution < 1.29 is 4.79 Å². The Morgan fingerprint density at radius 1 is 0.862 bits per heavy atom. The lowest BCUT2D eigenvalue weighted by Crippen LogP contribution is -2.48. The quantitative estimate of drug-likeness (QED) is 0.544. The summed E-state index contributed by atoms with van der Waals surface area (Å²) in [5, 5.41) is 1.05. The van der Waals surface area contributed by atoms with Crippen molar-refractivity contribution in [3.8, 4) is 0 Å². The molecule has 6 heteroatoms. The van der Waals surface area contributed by atoms with Crippen LogP contribution in [0.3, 0.4) is 0 Å². The minimum absolute atomic E-state index is 0.0122. The number of para-hydroxylation sites is 3. The summed E-state index contributed by atoms with van der Waals surface area (Å²) in [5.74, 6) is 1.07. The minimum atomic E-state index is 0.0122. The number of fused-ring (bicyclic) bond motifs is 2. The Bertz CT molecular complexity index is 1190. The first-order valence-corrected chi connectivity index (χ1v) is 9.97. The first-order valence-electron chi connectivity index (χ1n) is 9.97. The fourth-order valence-corrected chi connectivity index (χ4v) is 3.99. The van der Waals surface area contributed by atoms with Gasteiger partial charge in [-0.2, -0.15) is 0 Å². The van der Waals surface area contributed by atoms with Crippen LogP contribution in [0, 0.1) is 0 Å². The zero-order valence-electron chi connectivity index (χ0n) is 16.5. The van der Waals surface area contributed by atoms with Gasteiger partial charge in [-0.3, -0.25) is 9.69 Å². The van der Waals surface area contributed by atoms with E-state index in [4.69, 9.17) is 4.98 Å². The Kier molecular flexibility index (Phi) is 4.48. The molecule has 6 nitrogen and oxygen atoms in total. The minimum Gasteiger partial charge on any atom is -0.335 e. The van der Waals surface area contributed by atoms with E-state index in [1.165, 1.54) is 0 Å². The van der Waals surface area contributed by atoms with Gasteiger partial charge >= 0.3 is 0 Å². The summed E-state index contributed by atoms with van der Waals surface area (Å²) in [6, 6.07) is 19.9. The molecule has 0 atom stereocenters. The van der Waals surface area contributed by atoms with E-state index < -0.39 is 0 Å². The van der Waals surface area contributed by atoms with E-state index in [9.17, 15) is 4.79 Å². The highest BCUT2D eigenvalue weighted by Crippen LogP contribution is 2.17. The zero-order chi connectivity index (χ0) is 19.8. The van der Waals surface area contributed by atoms with Crippen LogP contribution in [0.1, 0.15) is 16.3 Å². The topological polar surface area (TPSA) is 54.3 Å². The molecule has 2 aromatic heterocycles. The second-order valence-corrected chi connectivity index (χ2v) is 7.53. The Balaban J connectivity index is 1.25. The van der Waals surface area contributed by atoms with Gasteiger partial charge in [0.05, 0.1) is 23.1 Å². The maximum absolute atomic E-state index is 12.9. The number of pyridine rings is 1. The van der Waals surface area contributed by atoms with Gasteiger partial charge in [0, 0.05) is 38.6 Å². The Morgan fingerprint density at radius 3 is 2.38 bits per heavy atom. The molecule has 29 heavy (non-hydrogen) atoms. The predicted molar refractivity (Wildman–Crippen MR) is 114 cm³/mol. The highest BCUT2D eigenvalue weighted by atomic mass is 16.2. The van der Waals surface area contributed by atoms with Gasteiger partial charge in [-0.1, -0.05) is 36.4 Å². The molecule has 0 saturated carbocycles. The van der Waals surface area contributed by atoms with Gasteiger partial charge in [0.15, 0.2) is 0 Å². The Labute approximate surface area is 169 Å². The molecule has 0 unspecified atom stereocenters. The number of aryl methyl sites for hydroxylation is 1. The molecular weight excluding hydrogens is 362 g/mol. The number of hydrogen-bond acceptors (Lipinski definition) is 4. The van der Waals surface area contributed by atoms with Crippen LogP contribution in [0.2, 0.25) is 0 Å². The first kappa shape index (κ1) is 17.8. The molecule has 1 saturated heterocycles. The standard InChI is InChI=1S/C23H23N5O/c1-26-21-9-5-4-8-19(21)25-22(26)16-27-12-14-28(15-13-27)23(29)20-11-10-17-6-2-3-7-18(17)24-20/h2-11H,12-16H2,1H3. The average Bonchev–Trinajstić information content (AvgIpc) is 3.09.